The molecule has 0 aliphatic rings. The van der Waals surface area contributed by atoms with Crippen molar-refractivity contribution in [3.05, 3.63) is 27.4 Å². The van der Waals surface area contributed by atoms with E-state index in [2.05, 4.69) is 20.9 Å². The van der Waals surface area contributed by atoms with Gasteiger partial charge in [0.25, 0.3) is 5.56 Å². The number of carbonyl (C=O) groups is 1. The predicted molar refractivity (Wildman–Crippen MR) is 46.9 cm³/mol. The van der Waals surface area contributed by atoms with Crippen LogP contribution >= 0.6 is 15.9 Å². The number of Topliss-reactive ketones (excluding diaryl/α,β-unsaturated/α-hetero) is 1. The van der Waals surface area contributed by atoms with E-state index in [1.807, 2.05) is 0 Å². The Morgan fingerprint density at radius 2 is 2.42 bits per heavy atom. The van der Waals surface area contributed by atoms with Crippen molar-refractivity contribution in [1.82, 2.24) is 9.55 Å². The molecule has 1 rings (SSSR count). The highest BCUT2D eigenvalue weighted by atomic mass is 79.9. The summed E-state index contributed by atoms with van der Waals surface area (Å²) >= 11 is 2.98. The van der Waals surface area contributed by atoms with Crippen LogP contribution in [0.2, 0.25) is 0 Å². The zero-order chi connectivity index (χ0) is 9.14. The van der Waals surface area contributed by atoms with Crippen LogP contribution < -0.4 is 5.56 Å². The minimum absolute atomic E-state index is 0.0600. The number of rotatable bonds is 2. The Balaban J connectivity index is 3.09. The van der Waals surface area contributed by atoms with Crippen LogP contribution in [0.25, 0.3) is 0 Å². The molecule has 0 saturated carbocycles. The average Bonchev–Trinajstić information content (AvgIpc) is 1.98. The Morgan fingerprint density at radius 3 is 3.00 bits per heavy atom. The van der Waals surface area contributed by atoms with E-state index in [0.717, 1.165) is 0 Å². The van der Waals surface area contributed by atoms with Crippen LogP contribution in [0.5, 0.6) is 0 Å². The first-order chi connectivity index (χ1) is 5.61. The zero-order valence-corrected chi connectivity index (χ0v) is 8.04. The van der Waals surface area contributed by atoms with Gasteiger partial charge >= 0.3 is 0 Å². The second-order valence-electron chi connectivity index (χ2n) is 2.35. The maximum absolute atomic E-state index is 11.2. The molecule has 0 aromatic carbocycles. The molecule has 0 aliphatic heterocycles. The van der Waals surface area contributed by atoms with Crippen LogP contribution in [0, 0.1) is 0 Å². The first-order valence-electron chi connectivity index (χ1n) is 3.31. The van der Waals surface area contributed by atoms with Crippen LogP contribution in [0.1, 0.15) is 6.92 Å². The molecular formula is C7H7BrN2O2. The van der Waals surface area contributed by atoms with Gasteiger partial charge in [-0.3, -0.25) is 9.59 Å². The zero-order valence-electron chi connectivity index (χ0n) is 6.45. The number of ketones is 1. The van der Waals surface area contributed by atoms with E-state index in [4.69, 9.17) is 0 Å². The molecule has 0 N–H and O–H groups in total. The van der Waals surface area contributed by atoms with Gasteiger partial charge in [-0.25, -0.2) is 4.98 Å². The van der Waals surface area contributed by atoms with E-state index in [1.165, 1.54) is 23.9 Å². The van der Waals surface area contributed by atoms with Gasteiger partial charge in [0.2, 0.25) is 0 Å². The average molecular weight is 231 g/mol. The lowest BCUT2D eigenvalue weighted by Crippen LogP contribution is -2.23. The van der Waals surface area contributed by atoms with Crippen molar-refractivity contribution >= 4 is 21.7 Å². The summed E-state index contributed by atoms with van der Waals surface area (Å²) in [6.45, 7) is 1.53. The van der Waals surface area contributed by atoms with E-state index in [0.29, 0.717) is 0 Å². The van der Waals surface area contributed by atoms with E-state index in [9.17, 15) is 9.59 Å². The summed E-state index contributed by atoms with van der Waals surface area (Å²) in [6, 6.07) is 0. The molecule has 0 radical (unpaired) electrons. The van der Waals surface area contributed by atoms with Crippen molar-refractivity contribution in [2.24, 2.45) is 0 Å². The molecule has 1 aromatic rings. The molecular weight excluding hydrogens is 224 g/mol. The second kappa shape index (κ2) is 3.62. The number of carbonyl (C=O) groups excluding carboxylic acids is 1. The summed E-state index contributed by atoms with van der Waals surface area (Å²) in [5, 5.41) is 0. The van der Waals surface area contributed by atoms with Gasteiger partial charge in [0.05, 0.1) is 6.54 Å². The summed E-state index contributed by atoms with van der Waals surface area (Å²) < 4.78 is 1.53. The predicted octanol–water partition coefficient (Wildman–Crippen LogP) is 0.595. The number of aromatic nitrogens is 2. The molecule has 4 nitrogen and oxygen atoms in total. The molecule has 0 unspecified atom stereocenters. The highest BCUT2D eigenvalue weighted by Crippen LogP contribution is 1.95. The van der Waals surface area contributed by atoms with Crippen LogP contribution in [-0.2, 0) is 11.3 Å². The number of halogens is 1. The van der Waals surface area contributed by atoms with Gasteiger partial charge in [-0.2, -0.15) is 0 Å². The largest absolute Gasteiger partial charge is 0.304 e. The summed E-state index contributed by atoms with van der Waals surface area (Å²) in [7, 11) is 0. The Kier molecular flexibility index (Phi) is 2.75. The lowest BCUT2D eigenvalue weighted by molar-refractivity contribution is -0.117. The van der Waals surface area contributed by atoms with Crippen LogP contribution in [-0.4, -0.2) is 15.3 Å². The molecule has 0 spiro atoms. The Hall–Kier alpha value is -0.970. The Labute approximate surface area is 77.4 Å². The summed E-state index contributed by atoms with van der Waals surface area (Å²) in [5.41, 5.74) is -0.285. The standard InChI is InChI=1S/C7H7BrN2O2/c1-5(11)4-10-3-2-9-6(8)7(10)12/h2-3H,4H2,1H3. The van der Waals surface area contributed by atoms with E-state index in [-0.39, 0.29) is 22.5 Å². The van der Waals surface area contributed by atoms with Crippen LogP contribution in [0.4, 0.5) is 0 Å². The quantitative estimate of drug-likeness (QED) is 0.748. The highest BCUT2D eigenvalue weighted by Gasteiger charge is 2.02. The van der Waals surface area contributed by atoms with Gasteiger partial charge < -0.3 is 4.57 Å². The topological polar surface area (TPSA) is 52.0 Å². The van der Waals surface area contributed by atoms with Gasteiger partial charge in [0.1, 0.15) is 5.78 Å². The van der Waals surface area contributed by atoms with Crippen molar-refractivity contribution in [3.63, 3.8) is 0 Å². The fourth-order valence-corrected chi connectivity index (χ4v) is 1.13. The number of nitrogens with zero attached hydrogens (tertiary/aromatic N) is 2. The maximum atomic E-state index is 11.2. The molecule has 5 heteroatoms. The first-order valence-corrected chi connectivity index (χ1v) is 4.11. The van der Waals surface area contributed by atoms with Crippen molar-refractivity contribution in [1.29, 1.82) is 0 Å². The summed E-state index contributed by atoms with van der Waals surface area (Å²) in [4.78, 5) is 25.6. The number of hydrogen-bond donors (Lipinski definition) is 0. The third kappa shape index (κ3) is 2.01. The Morgan fingerprint density at radius 1 is 1.75 bits per heavy atom. The molecule has 0 bridgehead atoms. The van der Waals surface area contributed by atoms with Crippen molar-refractivity contribution in [2.75, 3.05) is 0 Å². The number of hydrogen-bond acceptors (Lipinski definition) is 3. The maximum Gasteiger partial charge on any atom is 0.284 e. The highest BCUT2D eigenvalue weighted by molar-refractivity contribution is 9.10. The minimum atomic E-state index is -0.285. The van der Waals surface area contributed by atoms with E-state index in [1.54, 1.807) is 0 Å². The smallest absolute Gasteiger partial charge is 0.284 e. The molecule has 12 heavy (non-hydrogen) atoms. The van der Waals surface area contributed by atoms with Gasteiger partial charge in [0.15, 0.2) is 4.60 Å². The van der Waals surface area contributed by atoms with Crippen molar-refractivity contribution in [3.8, 4) is 0 Å². The fraction of sp³-hybridized carbons (Fsp3) is 0.286. The molecule has 1 heterocycles. The fourth-order valence-electron chi connectivity index (χ4n) is 0.785. The SMILES string of the molecule is CC(=O)Cn1ccnc(Br)c1=O. The minimum Gasteiger partial charge on any atom is -0.304 e. The molecule has 0 amide bonds. The molecule has 1 aromatic heterocycles. The molecule has 64 valence electrons. The third-order valence-electron chi connectivity index (χ3n) is 1.26. The van der Waals surface area contributed by atoms with E-state index >= 15 is 0 Å². The summed E-state index contributed by atoms with van der Waals surface area (Å²) in [5.74, 6) is -0.0600. The van der Waals surface area contributed by atoms with E-state index < -0.39 is 0 Å². The molecule has 0 atom stereocenters. The molecule has 0 aliphatic carbocycles. The van der Waals surface area contributed by atoms with Crippen LogP contribution in [0.15, 0.2) is 21.8 Å². The Bertz CT molecular complexity index is 359. The molecule has 0 fully saturated rings. The summed E-state index contributed by atoms with van der Waals surface area (Å²) in [6.07, 6.45) is 2.95. The van der Waals surface area contributed by atoms with Crippen LogP contribution in [0.3, 0.4) is 0 Å². The third-order valence-corrected chi connectivity index (χ3v) is 1.81. The second-order valence-corrected chi connectivity index (χ2v) is 3.10. The van der Waals surface area contributed by atoms with Crippen molar-refractivity contribution in [2.45, 2.75) is 13.5 Å². The van der Waals surface area contributed by atoms with Gasteiger partial charge in [-0.05, 0) is 22.9 Å². The van der Waals surface area contributed by atoms with Crippen molar-refractivity contribution < 1.29 is 4.79 Å². The van der Waals surface area contributed by atoms with Gasteiger partial charge in [-0.15, -0.1) is 0 Å². The lowest BCUT2D eigenvalue weighted by atomic mass is 10.4. The lowest BCUT2D eigenvalue weighted by Gasteiger charge is -2.00. The van der Waals surface area contributed by atoms with Gasteiger partial charge in [0, 0.05) is 12.4 Å². The van der Waals surface area contributed by atoms with Gasteiger partial charge in [-0.1, -0.05) is 0 Å². The monoisotopic (exact) mass is 230 g/mol. The normalized spacial score (nSPS) is 9.83. The molecule has 0 saturated heterocycles. The first kappa shape index (κ1) is 9.12.